The van der Waals surface area contributed by atoms with E-state index < -0.39 is 0 Å². The number of fused-ring (bicyclic) bond motifs is 17. The predicted molar refractivity (Wildman–Crippen MR) is 280 cm³/mol. The van der Waals surface area contributed by atoms with Crippen molar-refractivity contribution < 1.29 is 0 Å². The third-order valence-corrected chi connectivity index (χ3v) is 14.2. The molecule has 4 heterocycles. The van der Waals surface area contributed by atoms with E-state index in [1.807, 2.05) is 0 Å². The summed E-state index contributed by atoms with van der Waals surface area (Å²) in [6.07, 6.45) is 0. The highest BCUT2D eigenvalue weighted by Crippen LogP contribution is 2.53. The lowest BCUT2D eigenvalue weighted by atomic mass is 9.95. The Morgan fingerprint density at radius 3 is 1.23 bits per heavy atom. The molecule has 4 aromatic heterocycles. The summed E-state index contributed by atoms with van der Waals surface area (Å²) in [6, 6.07) is 84.7. The Morgan fingerprint density at radius 2 is 0.652 bits per heavy atom. The van der Waals surface area contributed by atoms with Gasteiger partial charge in [-0.1, -0.05) is 152 Å². The Labute approximate surface area is 379 Å². The van der Waals surface area contributed by atoms with E-state index in [-0.39, 0.29) is 0 Å². The largest absolute Gasteiger partial charge is 0.308 e. The molecule has 0 fully saturated rings. The lowest BCUT2D eigenvalue weighted by molar-refractivity contribution is 1.27. The van der Waals surface area contributed by atoms with Crippen LogP contribution in [0.2, 0.25) is 0 Å². The molecule has 0 N–H and O–H groups in total. The van der Waals surface area contributed by atoms with E-state index in [0.29, 0.717) is 0 Å². The predicted octanol–water partition coefficient (Wildman–Crippen LogP) is 17.2. The number of rotatable bonds is 6. The first-order valence-corrected chi connectivity index (χ1v) is 22.8. The van der Waals surface area contributed by atoms with Gasteiger partial charge in [-0.05, 0) is 100 Å². The molecule has 11 aromatic carbocycles. The van der Waals surface area contributed by atoms with Gasteiger partial charge in [0.05, 0.1) is 44.5 Å². The van der Waals surface area contributed by atoms with E-state index in [1.54, 1.807) is 0 Å². The van der Waals surface area contributed by atoms with Gasteiger partial charge in [0.15, 0.2) is 0 Å². The van der Waals surface area contributed by atoms with E-state index in [1.165, 1.54) is 97.7 Å². The van der Waals surface area contributed by atoms with E-state index >= 15 is 0 Å². The maximum Gasteiger partial charge on any atom is 0.0789 e. The zero-order valence-electron chi connectivity index (χ0n) is 35.7. The molecular formula is C62H38N4. The van der Waals surface area contributed by atoms with Crippen LogP contribution in [0.25, 0.3) is 97.7 Å². The van der Waals surface area contributed by atoms with Crippen molar-refractivity contribution in [3.63, 3.8) is 0 Å². The van der Waals surface area contributed by atoms with Crippen molar-refractivity contribution in [3.05, 3.63) is 231 Å². The number of benzene rings is 11. The first-order valence-electron chi connectivity index (χ1n) is 22.8. The van der Waals surface area contributed by atoms with Gasteiger partial charge in [0.1, 0.15) is 0 Å². The molecule has 0 atom stereocenters. The highest BCUT2D eigenvalue weighted by Gasteiger charge is 2.30. The second-order valence-electron chi connectivity index (χ2n) is 17.6. The molecular weight excluding hydrogens is 801 g/mol. The maximum absolute atomic E-state index is 2.62. The van der Waals surface area contributed by atoms with Crippen LogP contribution in [-0.2, 0) is 0 Å². The van der Waals surface area contributed by atoms with Crippen LogP contribution in [0.1, 0.15) is 0 Å². The molecule has 0 radical (unpaired) electrons. The monoisotopic (exact) mass is 838 g/mol. The molecule has 0 aliphatic heterocycles. The first kappa shape index (κ1) is 35.6. The van der Waals surface area contributed by atoms with Gasteiger partial charge >= 0.3 is 0 Å². The van der Waals surface area contributed by atoms with E-state index in [4.69, 9.17) is 0 Å². The standard InChI is InChI=1S/C62H38N4/c1-5-21-41(22-6-1)63(42-23-7-2-8-24-42)53-34-18-32-48-47-31-17-33-49-55-51(65(59(47)49)60(48)53)35-36-52-56(55)50-37-39-19-13-15-29-45(39)57-58-46-30-16-14-20-40(46)38-54(62(58)66(52)61(50)57)64(43-25-9-3-10-26-43)44-27-11-4-12-28-44/h1-38H. The highest BCUT2D eigenvalue weighted by molar-refractivity contribution is 6.41. The summed E-state index contributed by atoms with van der Waals surface area (Å²) >= 11 is 0. The Kier molecular flexibility index (Phi) is 7.19. The number of hydrogen-bond acceptors (Lipinski definition) is 2. The topological polar surface area (TPSA) is 15.3 Å². The molecule has 306 valence electrons. The second-order valence-corrected chi connectivity index (χ2v) is 17.6. The van der Waals surface area contributed by atoms with Crippen molar-refractivity contribution in [3.8, 4) is 0 Å². The minimum Gasteiger partial charge on any atom is -0.308 e. The van der Waals surface area contributed by atoms with Crippen molar-refractivity contribution in [2.24, 2.45) is 0 Å². The van der Waals surface area contributed by atoms with Gasteiger partial charge in [0.2, 0.25) is 0 Å². The molecule has 0 saturated carbocycles. The van der Waals surface area contributed by atoms with Gasteiger partial charge in [-0.25, -0.2) is 0 Å². The zero-order chi connectivity index (χ0) is 43.0. The average Bonchev–Trinajstić information content (AvgIpc) is 4.12. The summed E-state index contributed by atoms with van der Waals surface area (Å²) in [5.74, 6) is 0. The lowest BCUT2D eigenvalue weighted by Crippen LogP contribution is -2.11. The average molecular weight is 839 g/mol. The number of para-hydroxylation sites is 6. The van der Waals surface area contributed by atoms with Crippen LogP contribution in [0.4, 0.5) is 34.1 Å². The number of anilines is 6. The summed E-state index contributed by atoms with van der Waals surface area (Å²) in [6.45, 7) is 0. The van der Waals surface area contributed by atoms with Crippen LogP contribution in [0.5, 0.6) is 0 Å². The number of nitrogens with zero attached hydrogens (tertiary/aromatic N) is 4. The van der Waals surface area contributed by atoms with Crippen LogP contribution >= 0.6 is 0 Å². The van der Waals surface area contributed by atoms with Crippen molar-refractivity contribution in [1.29, 1.82) is 0 Å². The molecule has 0 saturated heterocycles. The third-order valence-electron chi connectivity index (χ3n) is 14.2. The Hall–Kier alpha value is -8.86. The molecule has 15 aromatic rings. The van der Waals surface area contributed by atoms with Crippen LogP contribution in [-0.4, -0.2) is 8.80 Å². The Morgan fingerprint density at radius 1 is 0.242 bits per heavy atom. The van der Waals surface area contributed by atoms with E-state index in [9.17, 15) is 0 Å². The van der Waals surface area contributed by atoms with Gasteiger partial charge < -0.3 is 18.6 Å². The fourth-order valence-electron chi connectivity index (χ4n) is 11.7. The van der Waals surface area contributed by atoms with Crippen molar-refractivity contribution in [1.82, 2.24) is 8.80 Å². The molecule has 0 aliphatic rings. The summed E-state index contributed by atoms with van der Waals surface area (Å²) in [4.78, 5) is 4.87. The molecule has 4 nitrogen and oxygen atoms in total. The van der Waals surface area contributed by atoms with Crippen LogP contribution < -0.4 is 9.80 Å². The highest BCUT2D eigenvalue weighted by atomic mass is 15.2. The zero-order valence-corrected chi connectivity index (χ0v) is 35.7. The number of aromatic nitrogens is 2. The summed E-state index contributed by atoms with van der Waals surface area (Å²) < 4.78 is 5.19. The fourth-order valence-corrected chi connectivity index (χ4v) is 11.7. The molecule has 0 unspecified atom stereocenters. The Balaban J connectivity index is 1.15. The van der Waals surface area contributed by atoms with Gasteiger partial charge in [0, 0.05) is 65.8 Å². The van der Waals surface area contributed by atoms with Crippen molar-refractivity contribution in [2.45, 2.75) is 0 Å². The quantitative estimate of drug-likeness (QED) is 0.166. The second kappa shape index (κ2) is 13.3. The van der Waals surface area contributed by atoms with Crippen molar-refractivity contribution in [2.75, 3.05) is 9.80 Å². The minimum atomic E-state index is 1.12. The number of hydrogen-bond donors (Lipinski definition) is 0. The van der Waals surface area contributed by atoms with Gasteiger partial charge in [-0.15, -0.1) is 0 Å². The molecule has 0 aliphatic carbocycles. The van der Waals surface area contributed by atoms with Gasteiger partial charge in [-0.2, -0.15) is 0 Å². The van der Waals surface area contributed by atoms with Crippen LogP contribution in [0.3, 0.4) is 0 Å². The summed E-state index contributed by atoms with van der Waals surface area (Å²) in [5.41, 5.74) is 14.1. The molecule has 15 rings (SSSR count). The molecule has 0 bridgehead atoms. The molecule has 4 heteroatoms. The van der Waals surface area contributed by atoms with Gasteiger partial charge in [0.25, 0.3) is 0 Å². The molecule has 0 spiro atoms. The first-order chi connectivity index (χ1) is 32.8. The van der Waals surface area contributed by atoms with E-state index in [2.05, 4.69) is 249 Å². The normalized spacial score (nSPS) is 12.2. The summed E-state index contributed by atoms with van der Waals surface area (Å²) in [7, 11) is 0. The SMILES string of the molecule is c1ccc(N(c2ccccc2)c2cccc3c4cccc5c6c7c8cc9ccccc9c9c%10c%11ccccc%11cc(N(c%11ccccc%11)c%11ccccc%11)c%10n(c7ccc6n(c23)c45)c89)cc1. The van der Waals surface area contributed by atoms with Crippen molar-refractivity contribution >= 4 is 132 Å². The van der Waals surface area contributed by atoms with Gasteiger partial charge in [-0.3, -0.25) is 0 Å². The third kappa shape index (κ3) is 4.66. The fraction of sp³-hybridized carbons (Fsp3) is 0. The minimum absolute atomic E-state index is 1.12. The smallest absolute Gasteiger partial charge is 0.0789 e. The van der Waals surface area contributed by atoms with Crippen LogP contribution in [0, 0.1) is 0 Å². The molecule has 0 amide bonds. The van der Waals surface area contributed by atoms with Crippen LogP contribution in [0.15, 0.2) is 231 Å². The lowest BCUT2D eigenvalue weighted by Gasteiger charge is -2.27. The Bertz CT molecular complexity index is 4300. The maximum atomic E-state index is 2.62. The summed E-state index contributed by atoms with van der Waals surface area (Å²) in [5, 5.41) is 15.2. The molecule has 66 heavy (non-hydrogen) atoms. The van der Waals surface area contributed by atoms with E-state index in [0.717, 1.165) is 34.1 Å².